The molecule has 0 saturated carbocycles. The third kappa shape index (κ3) is 0.978. The van der Waals surface area contributed by atoms with Crippen molar-refractivity contribution in [3.8, 4) is 5.75 Å². The molecule has 0 amide bonds. The monoisotopic (exact) mass is 164 g/mol. The highest BCUT2D eigenvalue weighted by molar-refractivity contribution is 5.75. The zero-order valence-corrected chi connectivity index (χ0v) is 7.08. The summed E-state index contributed by atoms with van der Waals surface area (Å²) in [6.07, 6.45) is 0. The zero-order valence-electron chi connectivity index (χ0n) is 7.08. The van der Waals surface area contributed by atoms with Crippen LogP contribution in [0.1, 0.15) is 0 Å². The number of hydrogen-bond donors (Lipinski definition) is 1. The lowest BCUT2D eigenvalue weighted by atomic mass is 10.2. The molecule has 0 spiro atoms. The van der Waals surface area contributed by atoms with Crippen LogP contribution < -0.4 is 15.4 Å². The van der Waals surface area contributed by atoms with E-state index in [9.17, 15) is 0 Å². The van der Waals surface area contributed by atoms with Gasteiger partial charge in [0, 0.05) is 7.05 Å². The Kier molecular flexibility index (Phi) is 1.57. The summed E-state index contributed by atoms with van der Waals surface area (Å²) in [5.41, 5.74) is 7.61. The van der Waals surface area contributed by atoms with Crippen LogP contribution in [0.5, 0.6) is 5.75 Å². The number of hydrogen-bond acceptors (Lipinski definition) is 3. The molecule has 3 nitrogen and oxygen atoms in total. The fourth-order valence-electron chi connectivity index (χ4n) is 1.47. The van der Waals surface area contributed by atoms with Crippen molar-refractivity contribution in [1.82, 2.24) is 0 Å². The van der Waals surface area contributed by atoms with Crippen molar-refractivity contribution in [3.05, 3.63) is 18.2 Å². The van der Waals surface area contributed by atoms with E-state index in [0.29, 0.717) is 0 Å². The van der Waals surface area contributed by atoms with Crippen LogP contribution in [0.25, 0.3) is 0 Å². The first-order valence-corrected chi connectivity index (χ1v) is 4.01. The average molecular weight is 164 g/mol. The van der Waals surface area contributed by atoms with Crippen LogP contribution in [0.4, 0.5) is 11.4 Å². The Bertz CT molecular complexity index is 299. The molecular weight excluding hydrogens is 152 g/mol. The highest BCUT2D eigenvalue weighted by atomic mass is 16.5. The summed E-state index contributed by atoms with van der Waals surface area (Å²) in [5.74, 6) is 0.892. The van der Waals surface area contributed by atoms with Gasteiger partial charge in [0.2, 0.25) is 0 Å². The van der Waals surface area contributed by atoms with Gasteiger partial charge in [-0.25, -0.2) is 0 Å². The predicted octanol–water partition coefficient (Wildman–Crippen LogP) is 1.10. The second-order valence-electron chi connectivity index (χ2n) is 2.96. The Labute approximate surface area is 71.7 Å². The number of fused-ring (bicyclic) bond motifs is 1. The standard InChI is InChI=1S/C9H12N2O/c1-11-5-6-12-8-4-2-3-7(10)9(8)11/h2-4H,5-6,10H2,1H3. The molecule has 0 fully saturated rings. The Morgan fingerprint density at radius 2 is 2.33 bits per heavy atom. The number of nitrogen functional groups attached to an aromatic ring is 1. The van der Waals surface area contributed by atoms with Gasteiger partial charge in [-0.05, 0) is 12.1 Å². The minimum absolute atomic E-state index is 0.743. The molecule has 0 atom stereocenters. The second-order valence-corrected chi connectivity index (χ2v) is 2.96. The molecule has 0 radical (unpaired) electrons. The molecular formula is C9H12N2O. The van der Waals surface area contributed by atoms with Crippen LogP contribution in [0.15, 0.2) is 18.2 Å². The summed E-state index contributed by atoms with van der Waals surface area (Å²) in [6.45, 7) is 1.65. The average Bonchev–Trinajstić information content (AvgIpc) is 2.04. The first-order chi connectivity index (χ1) is 5.79. The molecule has 2 rings (SSSR count). The largest absolute Gasteiger partial charge is 0.489 e. The number of ether oxygens (including phenoxy) is 1. The van der Waals surface area contributed by atoms with E-state index in [0.717, 1.165) is 30.3 Å². The van der Waals surface area contributed by atoms with Crippen LogP contribution in [0, 0.1) is 0 Å². The maximum Gasteiger partial charge on any atom is 0.144 e. The predicted molar refractivity (Wildman–Crippen MR) is 49.6 cm³/mol. The number of nitrogens with two attached hydrogens (primary N) is 1. The molecule has 0 unspecified atom stereocenters. The summed E-state index contributed by atoms with van der Waals surface area (Å²) in [5, 5.41) is 0. The van der Waals surface area contributed by atoms with Crippen LogP contribution in [0.3, 0.4) is 0 Å². The van der Waals surface area contributed by atoms with Gasteiger partial charge < -0.3 is 15.4 Å². The topological polar surface area (TPSA) is 38.5 Å². The quantitative estimate of drug-likeness (QED) is 0.583. The van der Waals surface area contributed by atoms with Crippen molar-refractivity contribution in [2.45, 2.75) is 0 Å². The van der Waals surface area contributed by atoms with Crippen molar-refractivity contribution in [1.29, 1.82) is 0 Å². The zero-order chi connectivity index (χ0) is 8.55. The number of anilines is 2. The second kappa shape index (κ2) is 2.59. The van der Waals surface area contributed by atoms with E-state index >= 15 is 0 Å². The number of rotatable bonds is 0. The Balaban J connectivity index is 2.53. The van der Waals surface area contributed by atoms with Crippen molar-refractivity contribution >= 4 is 11.4 Å². The van der Waals surface area contributed by atoms with Crippen LogP contribution >= 0.6 is 0 Å². The Hall–Kier alpha value is -1.38. The van der Waals surface area contributed by atoms with Crippen LogP contribution in [-0.4, -0.2) is 20.2 Å². The highest BCUT2D eigenvalue weighted by Crippen LogP contribution is 2.35. The minimum Gasteiger partial charge on any atom is -0.489 e. The normalized spacial score (nSPS) is 15.2. The fourth-order valence-corrected chi connectivity index (χ4v) is 1.47. The molecule has 0 aromatic heterocycles. The van der Waals surface area contributed by atoms with Gasteiger partial charge in [-0.2, -0.15) is 0 Å². The van der Waals surface area contributed by atoms with Crippen LogP contribution in [0.2, 0.25) is 0 Å². The molecule has 0 bridgehead atoms. The van der Waals surface area contributed by atoms with E-state index in [1.165, 1.54) is 0 Å². The smallest absolute Gasteiger partial charge is 0.144 e. The van der Waals surface area contributed by atoms with Crippen molar-refractivity contribution in [3.63, 3.8) is 0 Å². The SMILES string of the molecule is CN1CCOc2cccc(N)c21. The summed E-state index contributed by atoms with van der Waals surface area (Å²) in [7, 11) is 2.03. The lowest BCUT2D eigenvalue weighted by molar-refractivity contribution is 0.311. The molecule has 0 saturated heterocycles. The number of para-hydroxylation sites is 1. The van der Waals surface area contributed by atoms with Gasteiger partial charge >= 0.3 is 0 Å². The molecule has 2 N–H and O–H groups in total. The van der Waals surface area contributed by atoms with Gasteiger partial charge in [0.1, 0.15) is 18.0 Å². The Morgan fingerprint density at radius 1 is 1.50 bits per heavy atom. The van der Waals surface area contributed by atoms with E-state index in [-0.39, 0.29) is 0 Å². The lowest BCUT2D eigenvalue weighted by Crippen LogP contribution is -2.29. The van der Waals surface area contributed by atoms with Gasteiger partial charge in [0.25, 0.3) is 0 Å². The number of benzene rings is 1. The third-order valence-electron chi connectivity index (χ3n) is 2.10. The van der Waals surface area contributed by atoms with Gasteiger partial charge in [0.15, 0.2) is 0 Å². The number of nitrogens with zero attached hydrogens (tertiary/aromatic N) is 1. The van der Waals surface area contributed by atoms with Crippen LogP contribution in [-0.2, 0) is 0 Å². The number of likely N-dealkylation sites (N-methyl/N-ethyl adjacent to an activating group) is 1. The lowest BCUT2D eigenvalue weighted by Gasteiger charge is -2.28. The summed E-state index contributed by atoms with van der Waals surface area (Å²) < 4.78 is 5.45. The van der Waals surface area contributed by atoms with E-state index in [4.69, 9.17) is 10.5 Å². The molecule has 3 heteroatoms. The summed E-state index contributed by atoms with van der Waals surface area (Å²) in [4.78, 5) is 2.12. The third-order valence-corrected chi connectivity index (χ3v) is 2.10. The maximum absolute atomic E-state index is 5.81. The van der Waals surface area contributed by atoms with Gasteiger partial charge in [-0.15, -0.1) is 0 Å². The summed E-state index contributed by atoms with van der Waals surface area (Å²) >= 11 is 0. The molecule has 1 aromatic rings. The molecule has 64 valence electrons. The first-order valence-electron chi connectivity index (χ1n) is 4.01. The van der Waals surface area contributed by atoms with Gasteiger partial charge in [-0.3, -0.25) is 0 Å². The molecule has 12 heavy (non-hydrogen) atoms. The molecule has 1 aliphatic heterocycles. The van der Waals surface area contributed by atoms with E-state index in [1.807, 2.05) is 25.2 Å². The molecule has 1 aliphatic rings. The van der Waals surface area contributed by atoms with E-state index in [2.05, 4.69) is 4.90 Å². The molecule has 0 aliphatic carbocycles. The Morgan fingerprint density at radius 3 is 3.08 bits per heavy atom. The van der Waals surface area contributed by atoms with Gasteiger partial charge in [-0.1, -0.05) is 6.07 Å². The van der Waals surface area contributed by atoms with Crippen molar-refractivity contribution in [2.75, 3.05) is 30.8 Å². The maximum atomic E-state index is 5.81. The molecule has 1 heterocycles. The first kappa shape index (κ1) is 7.28. The van der Waals surface area contributed by atoms with Crippen molar-refractivity contribution < 1.29 is 4.74 Å². The van der Waals surface area contributed by atoms with E-state index in [1.54, 1.807) is 0 Å². The van der Waals surface area contributed by atoms with E-state index < -0.39 is 0 Å². The summed E-state index contributed by atoms with van der Waals surface area (Å²) in [6, 6.07) is 5.75. The molecule has 1 aromatic carbocycles. The van der Waals surface area contributed by atoms with Gasteiger partial charge in [0.05, 0.1) is 12.2 Å². The minimum atomic E-state index is 0.743. The van der Waals surface area contributed by atoms with Crippen molar-refractivity contribution in [2.24, 2.45) is 0 Å². The highest BCUT2D eigenvalue weighted by Gasteiger charge is 2.16. The fraction of sp³-hybridized carbons (Fsp3) is 0.333.